The van der Waals surface area contributed by atoms with Crippen molar-refractivity contribution in [2.45, 2.75) is 13.5 Å². The van der Waals surface area contributed by atoms with Crippen LogP contribution in [0.15, 0.2) is 6.20 Å². The van der Waals surface area contributed by atoms with E-state index in [0.29, 0.717) is 18.7 Å². The Bertz CT molecular complexity index is 335. The molecule has 0 atom stereocenters. The van der Waals surface area contributed by atoms with Crippen molar-refractivity contribution in [3.05, 3.63) is 17.5 Å². The molecule has 0 aliphatic rings. The molecule has 0 fully saturated rings. The van der Waals surface area contributed by atoms with Gasteiger partial charge in [-0.3, -0.25) is 4.68 Å². The summed E-state index contributed by atoms with van der Waals surface area (Å²) in [4.78, 5) is 10.7. The average Bonchev–Trinajstić information content (AvgIpc) is 2.55. The van der Waals surface area contributed by atoms with Crippen LogP contribution in [0.3, 0.4) is 0 Å². The van der Waals surface area contributed by atoms with Gasteiger partial charge >= 0.3 is 5.97 Å². The zero-order valence-electron chi connectivity index (χ0n) is 8.51. The predicted molar refractivity (Wildman–Crippen MR) is 51.8 cm³/mol. The molecule has 0 saturated heterocycles. The SMILES string of the molecule is Cc1cn(CCOCCO)nc1C(=O)O. The Morgan fingerprint density at radius 3 is 2.87 bits per heavy atom. The fraction of sp³-hybridized carbons (Fsp3) is 0.556. The molecule has 0 bridgehead atoms. The van der Waals surface area contributed by atoms with Gasteiger partial charge in [-0.1, -0.05) is 0 Å². The van der Waals surface area contributed by atoms with Crippen LogP contribution in [0.5, 0.6) is 0 Å². The number of nitrogens with zero attached hydrogens (tertiary/aromatic N) is 2. The van der Waals surface area contributed by atoms with Crippen LogP contribution in [-0.4, -0.2) is 45.8 Å². The van der Waals surface area contributed by atoms with E-state index in [4.69, 9.17) is 14.9 Å². The predicted octanol–water partition coefficient (Wildman–Crippen LogP) is -0.101. The maximum absolute atomic E-state index is 10.7. The second-order valence-corrected chi connectivity index (χ2v) is 3.06. The summed E-state index contributed by atoms with van der Waals surface area (Å²) in [5, 5.41) is 21.1. The molecule has 0 aliphatic heterocycles. The first-order valence-electron chi connectivity index (χ1n) is 4.61. The van der Waals surface area contributed by atoms with Gasteiger partial charge in [0, 0.05) is 11.8 Å². The monoisotopic (exact) mass is 214 g/mol. The molecule has 1 rings (SSSR count). The number of aromatic carboxylic acids is 1. The zero-order chi connectivity index (χ0) is 11.3. The van der Waals surface area contributed by atoms with E-state index in [1.807, 2.05) is 0 Å². The quantitative estimate of drug-likeness (QED) is 0.646. The average molecular weight is 214 g/mol. The highest BCUT2D eigenvalue weighted by molar-refractivity contribution is 5.86. The minimum absolute atomic E-state index is 0.0154. The summed E-state index contributed by atoms with van der Waals surface area (Å²) in [5.74, 6) is -1.03. The van der Waals surface area contributed by atoms with Crippen molar-refractivity contribution < 1.29 is 19.7 Å². The van der Waals surface area contributed by atoms with Gasteiger partial charge < -0.3 is 14.9 Å². The first-order valence-corrected chi connectivity index (χ1v) is 4.61. The van der Waals surface area contributed by atoms with Gasteiger partial charge in [0.2, 0.25) is 0 Å². The lowest BCUT2D eigenvalue weighted by molar-refractivity contribution is 0.0686. The molecule has 1 aromatic rings. The first-order chi connectivity index (χ1) is 7.15. The van der Waals surface area contributed by atoms with Gasteiger partial charge in [-0.2, -0.15) is 5.10 Å². The molecule has 0 aliphatic carbocycles. The van der Waals surface area contributed by atoms with Gasteiger partial charge in [0.05, 0.1) is 26.4 Å². The van der Waals surface area contributed by atoms with E-state index in [2.05, 4.69) is 5.10 Å². The Hall–Kier alpha value is -1.40. The highest BCUT2D eigenvalue weighted by atomic mass is 16.5. The number of ether oxygens (including phenoxy) is 1. The molecule has 0 saturated carbocycles. The van der Waals surface area contributed by atoms with Crippen LogP contribution in [-0.2, 0) is 11.3 Å². The molecule has 6 nitrogen and oxygen atoms in total. The molecule has 84 valence electrons. The van der Waals surface area contributed by atoms with Crippen LogP contribution in [0.25, 0.3) is 0 Å². The minimum Gasteiger partial charge on any atom is -0.476 e. The van der Waals surface area contributed by atoms with Gasteiger partial charge in [-0.25, -0.2) is 4.79 Å². The van der Waals surface area contributed by atoms with Gasteiger partial charge in [0.25, 0.3) is 0 Å². The number of aromatic nitrogens is 2. The zero-order valence-corrected chi connectivity index (χ0v) is 8.51. The topological polar surface area (TPSA) is 84.6 Å². The first kappa shape index (κ1) is 11.7. The molecule has 0 unspecified atom stereocenters. The van der Waals surface area contributed by atoms with Crippen molar-refractivity contribution in [2.75, 3.05) is 19.8 Å². The van der Waals surface area contributed by atoms with E-state index in [0.717, 1.165) is 0 Å². The summed E-state index contributed by atoms with van der Waals surface area (Å²) in [6.45, 7) is 2.85. The fourth-order valence-corrected chi connectivity index (χ4v) is 1.17. The highest BCUT2D eigenvalue weighted by Gasteiger charge is 2.11. The Morgan fingerprint density at radius 1 is 1.60 bits per heavy atom. The molecule has 15 heavy (non-hydrogen) atoms. The number of hydrogen-bond donors (Lipinski definition) is 2. The lowest BCUT2D eigenvalue weighted by Gasteiger charge is -2.01. The number of aliphatic hydroxyl groups is 1. The molecule has 0 amide bonds. The summed E-state index contributed by atoms with van der Waals surface area (Å²) >= 11 is 0. The number of rotatable bonds is 6. The van der Waals surface area contributed by atoms with E-state index in [1.165, 1.54) is 4.68 Å². The van der Waals surface area contributed by atoms with Crippen molar-refractivity contribution in [3.63, 3.8) is 0 Å². The molecule has 1 heterocycles. The van der Waals surface area contributed by atoms with Crippen LogP contribution in [0.1, 0.15) is 16.1 Å². The lowest BCUT2D eigenvalue weighted by Crippen LogP contribution is -2.09. The van der Waals surface area contributed by atoms with Crippen molar-refractivity contribution in [2.24, 2.45) is 0 Å². The summed E-state index contributed by atoms with van der Waals surface area (Å²) in [6.07, 6.45) is 1.66. The number of carboxylic acids is 1. The molecule has 1 aromatic heterocycles. The summed E-state index contributed by atoms with van der Waals surface area (Å²) in [7, 11) is 0. The van der Waals surface area contributed by atoms with E-state index in [9.17, 15) is 4.79 Å². The van der Waals surface area contributed by atoms with Crippen molar-refractivity contribution >= 4 is 5.97 Å². The van der Waals surface area contributed by atoms with Crippen LogP contribution in [0.2, 0.25) is 0 Å². The molecule has 0 aromatic carbocycles. The fourth-order valence-electron chi connectivity index (χ4n) is 1.17. The maximum Gasteiger partial charge on any atom is 0.356 e. The molecule has 6 heteroatoms. The normalized spacial score (nSPS) is 10.5. The Morgan fingerprint density at radius 2 is 2.33 bits per heavy atom. The number of hydrogen-bond acceptors (Lipinski definition) is 4. The van der Waals surface area contributed by atoms with Crippen molar-refractivity contribution in [3.8, 4) is 0 Å². The van der Waals surface area contributed by atoms with Gasteiger partial charge in [0.15, 0.2) is 5.69 Å². The third-order valence-electron chi connectivity index (χ3n) is 1.85. The van der Waals surface area contributed by atoms with Crippen LogP contribution in [0, 0.1) is 6.92 Å². The number of carbonyl (C=O) groups is 1. The van der Waals surface area contributed by atoms with E-state index >= 15 is 0 Å². The minimum atomic E-state index is -1.03. The molecular weight excluding hydrogens is 200 g/mol. The van der Waals surface area contributed by atoms with E-state index in [-0.39, 0.29) is 18.9 Å². The van der Waals surface area contributed by atoms with Gasteiger partial charge in [-0.15, -0.1) is 0 Å². The molecule has 0 radical (unpaired) electrons. The second-order valence-electron chi connectivity index (χ2n) is 3.06. The van der Waals surface area contributed by atoms with E-state index in [1.54, 1.807) is 13.1 Å². The van der Waals surface area contributed by atoms with Gasteiger partial charge in [-0.05, 0) is 6.92 Å². The van der Waals surface area contributed by atoms with Crippen LogP contribution in [0.4, 0.5) is 0 Å². The Balaban J connectivity index is 2.48. The standard InChI is InChI=1S/C9H14N2O4/c1-7-6-11(2-4-15-5-3-12)10-8(7)9(13)14/h6,12H,2-5H2,1H3,(H,13,14). The van der Waals surface area contributed by atoms with Crippen LogP contribution >= 0.6 is 0 Å². The number of carboxylic acid groups (broad SMARTS) is 1. The summed E-state index contributed by atoms with van der Waals surface area (Å²) in [5.41, 5.74) is 0.696. The number of aryl methyl sites for hydroxylation is 1. The smallest absolute Gasteiger partial charge is 0.356 e. The number of aliphatic hydroxyl groups excluding tert-OH is 1. The molecular formula is C9H14N2O4. The largest absolute Gasteiger partial charge is 0.476 e. The molecule has 2 N–H and O–H groups in total. The van der Waals surface area contributed by atoms with Crippen molar-refractivity contribution in [1.29, 1.82) is 0 Å². The van der Waals surface area contributed by atoms with Crippen molar-refractivity contribution in [1.82, 2.24) is 9.78 Å². The third kappa shape index (κ3) is 3.34. The Labute approximate surface area is 87.1 Å². The summed E-state index contributed by atoms with van der Waals surface area (Å²) in [6, 6.07) is 0. The van der Waals surface area contributed by atoms with Crippen LogP contribution < -0.4 is 0 Å². The van der Waals surface area contributed by atoms with Gasteiger partial charge in [0.1, 0.15) is 0 Å². The van der Waals surface area contributed by atoms with E-state index < -0.39 is 5.97 Å². The maximum atomic E-state index is 10.7. The lowest BCUT2D eigenvalue weighted by atomic mass is 10.3. The highest BCUT2D eigenvalue weighted by Crippen LogP contribution is 2.04. The third-order valence-corrected chi connectivity index (χ3v) is 1.85. The summed E-state index contributed by atoms with van der Waals surface area (Å²) < 4.78 is 6.56. The second kappa shape index (κ2) is 5.47. The Kier molecular flexibility index (Phi) is 4.26. The molecule has 0 spiro atoms.